The predicted molar refractivity (Wildman–Crippen MR) is 127 cm³/mol. The average molecular weight is 417 g/mol. The van der Waals surface area contributed by atoms with Crippen LogP contribution in [-0.2, 0) is 19.5 Å². The van der Waals surface area contributed by atoms with E-state index in [1.165, 1.54) is 22.3 Å². The van der Waals surface area contributed by atoms with Crippen molar-refractivity contribution >= 4 is 17.2 Å². The smallest absolute Gasteiger partial charge is 0.129 e. The highest BCUT2D eigenvalue weighted by Gasteiger charge is 2.26. The molecule has 3 aromatic carbocycles. The maximum absolute atomic E-state index is 5.74. The van der Waals surface area contributed by atoms with Crippen molar-refractivity contribution < 1.29 is 4.74 Å². The molecule has 1 heterocycles. The predicted octanol–water partition coefficient (Wildman–Crippen LogP) is 4.90. The number of thiocarbonyl (C=S) groups is 1. The number of fused-ring (bicyclic) bond motifs is 1. The lowest BCUT2D eigenvalue weighted by atomic mass is 9.93. The van der Waals surface area contributed by atoms with E-state index in [2.05, 4.69) is 77.8 Å². The lowest BCUT2D eigenvalue weighted by molar-refractivity contribution is 0.163. The molecule has 154 valence electrons. The van der Waals surface area contributed by atoms with Crippen LogP contribution in [0.1, 0.15) is 27.8 Å². The molecule has 30 heavy (non-hydrogen) atoms. The summed E-state index contributed by atoms with van der Waals surface area (Å²) in [6.07, 6.45) is 1.02. The molecule has 0 saturated carbocycles. The summed E-state index contributed by atoms with van der Waals surface area (Å²) in [4.78, 5) is 3.30. The summed E-state index contributed by atoms with van der Waals surface area (Å²) < 4.78 is 5.52. The van der Waals surface area contributed by atoms with Gasteiger partial charge in [-0.1, -0.05) is 78.4 Å². The zero-order valence-corrected chi connectivity index (χ0v) is 18.4. The molecule has 0 radical (unpaired) electrons. The molecule has 0 spiro atoms. The first-order valence-electron chi connectivity index (χ1n) is 10.4. The Labute approximate surface area is 184 Å². The minimum atomic E-state index is 0.369. The molecule has 4 heteroatoms. The van der Waals surface area contributed by atoms with Crippen LogP contribution in [0.5, 0.6) is 5.75 Å². The van der Waals surface area contributed by atoms with Gasteiger partial charge in [0.15, 0.2) is 0 Å². The van der Waals surface area contributed by atoms with Crippen molar-refractivity contribution in [1.29, 1.82) is 0 Å². The minimum Gasteiger partial charge on any atom is -0.496 e. The first-order chi connectivity index (χ1) is 14.6. The van der Waals surface area contributed by atoms with E-state index in [9.17, 15) is 0 Å². The number of nitrogens with one attached hydrogen (secondary N) is 1. The van der Waals surface area contributed by atoms with Crippen molar-refractivity contribution in [1.82, 2.24) is 10.2 Å². The van der Waals surface area contributed by atoms with Crippen LogP contribution in [-0.4, -0.2) is 29.6 Å². The summed E-state index contributed by atoms with van der Waals surface area (Å²) >= 11 is 5.74. The zero-order valence-electron chi connectivity index (χ0n) is 17.6. The number of ether oxygens (including phenoxy) is 1. The number of rotatable bonds is 6. The number of benzene rings is 3. The molecule has 1 aliphatic heterocycles. The molecule has 3 nitrogen and oxygen atoms in total. The maximum atomic E-state index is 5.74. The number of hydrogen-bond acceptors (Lipinski definition) is 3. The van der Waals surface area contributed by atoms with Gasteiger partial charge in [-0.3, -0.25) is 4.90 Å². The van der Waals surface area contributed by atoms with Crippen LogP contribution in [0, 0.1) is 6.92 Å². The Kier molecular flexibility index (Phi) is 6.46. The number of aryl methyl sites for hydroxylation is 1. The van der Waals surface area contributed by atoms with Gasteiger partial charge in [0.1, 0.15) is 10.7 Å². The van der Waals surface area contributed by atoms with Gasteiger partial charge >= 0.3 is 0 Å². The quantitative estimate of drug-likeness (QED) is 0.578. The molecular weight excluding hydrogens is 388 g/mol. The van der Waals surface area contributed by atoms with E-state index in [4.69, 9.17) is 17.0 Å². The van der Waals surface area contributed by atoms with Crippen molar-refractivity contribution in [3.05, 3.63) is 101 Å². The number of nitrogens with zero attached hydrogens (tertiary/aromatic N) is 1. The highest BCUT2D eigenvalue weighted by atomic mass is 32.1. The Morgan fingerprint density at radius 3 is 2.53 bits per heavy atom. The van der Waals surface area contributed by atoms with Crippen molar-refractivity contribution in [3.8, 4) is 5.75 Å². The van der Waals surface area contributed by atoms with Crippen molar-refractivity contribution in [2.75, 3.05) is 13.7 Å². The minimum absolute atomic E-state index is 0.369. The van der Waals surface area contributed by atoms with E-state index in [-0.39, 0.29) is 0 Å². The van der Waals surface area contributed by atoms with Crippen molar-refractivity contribution in [2.45, 2.75) is 32.5 Å². The standard InChI is InChI=1S/C26H28N2OS/c1-19-12-13-25(29-2)24(14-19)26(30)27-16-23-15-21-10-6-7-11-22(21)18-28(23)17-20-8-4-3-5-9-20/h3-14,23H,15-18H2,1-2H3,(H,27,30)/t23-/m1/s1. The van der Waals surface area contributed by atoms with Crippen molar-refractivity contribution in [3.63, 3.8) is 0 Å². The van der Waals surface area contributed by atoms with Crippen LogP contribution >= 0.6 is 12.2 Å². The summed E-state index contributed by atoms with van der Waals surface area (Å²) in [5.41, 5.74) is 6.33. The van der Waals surface area contributed by atoms with Gasteiger partial charge in [0.05, 0.1) is 12.7 Å². The Hall–Kier alpha value is -2.69. The fraction of sp³-hybridized carbons (Fsp3) is 0.269. The number of methoxy groups -OCH3 is 1. The van der Waals surface area contributed by atoms with Crippen LogP contribution in [0.2, 0.25) is 0 Å². The van der Waals surface area contributed by atoms with E-state index >= 15 is 0 Å². The highest BCUT2D eigenvalue weighted by Crippen LogP contribution is 2.25. The van der Waals surface area contributed by atoms with E-state index in [1.807, 2.05) is 12.1 Å². The topological polar surface area (TPSA) is 24.5 Å². The largest absolute Gasteiger partial charge is 0.496 e. The molecule has 0 saturated heterocycles. The van der Waals surface area contributed by atoms with E-state index in [0.29, 0.717) is 6.04 Å². The third-order valence-electron chi connectivity index (χ3n) is 5.79. The third-order valence-corrected chi connectivity index (χ3v) is 6.15. The second-order valence-corrected chi connectivity index (χ2v) is 8.34. The monoisotopic (exact) mass is 416 g/mol. The van der Waals surface area contributed by atoms with Crippen LogP contribution < -0.4 is 10.1 Å². The first-order valence-corrected chi connectivity index (χ1v) is 10.8. The van der Waals surface area contributed by atoms with Crippen LogP contribution in [0.15, 0.2) is 72.8 Å². The zero-order chi connectivity index (χ0) is 20.9. The molecule has 0 aromatic heterocycles. The first kappa shape index (κ1) is 20.6. The third kappa shape index (κ3) is 4.72. The SMILES string of the molecule is COc1ccc(C)cc1C(=S)NC[C@H]1Cc2ccccc2CN1Cc1ccccc1. The summed E-state index contributed by atoms with van der Waals surface area (Å²) in [7, 11) is 1.69. The Morgan fingerprint density at radius 1 is 1.03 bits per heavy atom. The molecule has 1 atom stereocenters. The van der Waals surface area contributed by atoms with Gasteiger partial charge in [-0.05, 0) is 42.2 Å². The normalized spacial score (nSPS) is 16.0. The fourth-order valence-corrected chi connectivity index (χ4v) is 4.39. The van der Waals surface area contributed by atoms with Gasteiger partial charge in [-0.2, -0.15) is 0 Å². The van der Waals surface area contributed by atoms with Crippen LogP contribution in [0.4, 0.5) is 0 Å². The molecule has 0 amide bonds. The summed E-state index contributed by atoms with van der Waals surface area (Å²) in [6.45, 7) is 4.77. The Morgan fingerprint density at radius 2 is 1.77 bits per heavy atom. The summed E-state index contributed by atoms with van der Waals surface area (Å²) in [6, 6.07) is 26.0. The Bertz CT molecular complexity index is 1020. The number of hydrogen-bond donors (Lipinski definition) is 1. The molecule has 4 rings (SSSR count). The average Bonchev–Trinajstić information content (AvgIpc) is 2.78. The molecular formula is C26H28N2OS. The van der Waals surface area contributed by atoms with E-state index in [0.717, 1.165) is 42.4 Å². The van der Waals surface area contributed by atoms with Crippen molar-refractivity contribution in [2.24, 2.45) is 0 Å². The molecule has 1 aliphatic rings. The molecule has 0 bridgehead atoms. The van der Waals surface area contributed by atoms with E-state index in [1.54, 1.807) is 7.11 Å². The highest BCUT2D eigenvalue weighted by molar-refractivity contribution is 7.80. The Balaban J connectivity index is 1.51. The fourth-order valence-electron chi connectivity index (χ4n) is 4.15. The van der Waals surface area contributed by atoms with Gasteiger partial charge in [0.25, 0.3) is 0 Å². The lowest BCUT2D eigenvalue weighted by Gasteiger charge is -2.37. The molecule has 0 unspecified atom stereocenters. The van der Waals surface area contributed by atoms with Crippen LogP contribution in [0.25, 0.3) is 0 Å². The second kappa shape index (κ2) is 9.41. The second-order valence-electron chi connectivity index (χ2n) is 7.93. The van der Waals surface area contributed by atoms with Gasteiger partial charge in [0, 0.05) is 25.7 Å². The van der Waals surface area contributed by atoms with Gasteiger partial charge in [-0.25, -0.2) is 0 Å². The summed E-state index contributed by atoms with van der Waals surface area (Å²) in [5.74, 6) is 0.813. The van der Waals surface area contributed by atoms with Gasteiger partial charge < -0.3 is 10.1 Å². The van der Waals surface area contributed by atoms with E-state index < -0.39 is 0 Å². The van der Waals surface area contributed by atoms with Gasteiger partial charge in [-0.15, -0.1) is 0 Å². The maximum Gasteiger partial charge on any atom is 0.129 e. The molecule has 1 N–H and O–H groups in total. The molecule has 0 fully saturated rings. The summed E-state index contributed by atoms with van der Waals surface area (Å²) in [5, 5.41) is 3.53. The van der Waals surface area contributed by atoms with Gasteiger partial charge in [0.2, 0.25) is 0 Å². The molecule has 0 aliphatic carbocycles. The lowest BCUT2D eigenvalue weighted by Crippen LogP contribution is -2.47. The molecule has 3 aromatic rings. The van der Waals surface area contributed by atoms with Crippen LogP contribution in [0.3, 0.4) is 0 Å².